The molecule has 0 fully saturated rings. The average molecular weight is 292 g/mol. The predicted molar refractivity (Wildman–Crippen MR) is 81.4 cm³/mol. The molecular formula is C17H13FN4. The lowest BCUT2D eigenvalue weighted by atomic mass is 10.2. The van der Waals surface area contributed by atoms with Gasteiger partial charge in [0.1, 0.15) is 12.1 Å². The smallest absolute Gasteiger partial charge is 0.123 e. The third kappa shape index (κ3) is 2.96. The fourth-order valence-corrected chi connectivity index (χ4v) is 2.22. The highest BCUT2D eigenvalue weighted by Crippen LogP contribution is 2.19. The zero-order valence-corrected chi connectivity index (χ0v) is 11.7. The van der Waals surface area contributed by atoms with Crippen LogP contribution in [0.3, 0.4) is 0 Å². The van der Waals surface area contributed by atoms with Crippen LogP contribution in [0.1, 0.15) is 11.1 Å². The Kier molecular flexibility index (Phi) is 3.84. The van der Waals surface area contributed by atoms with Gasteiger partial charge in [0.2, 0.25) is 0 Å². The Hall–Kier alpha value is -3.13. The molecule has 0 bridgehead atoms. The standard InChI is InChI=1S/C17H13FN4/c18-16-3-1-2-15(10-16)12-22(21-9-8-20-13-21)17-6-4-14(11-19)5-7-17/h1-10,13H,12H2. The Labute approximate surface area is 127 Å². The van der Waals surface area contributed by atoms with Crippen LogP contribution in [0.2, 0.25) is 0 Å². The molecule has 1 heterocycles. The number of hydrogen-bond acceptors (Lipinski definition) is 3. The first-order valence-corrected chi connectivity index (χ1v) is 6.76. The molecule has 0 N–H and O–H groups in total. The normalized spacial score (nSPS) is 10.2. The molecule has 108 valence electrons. The third-order valence-electron chi connectivity index (χ3n) is 3.29. The molecule has 3 aromatic rings. The van der Waals surface area contributed by atoms with Crippen LogP contribution in [0.4, 0.5) is 10.1 Å². The van der Waals surface area contributed by atoms with Gasteiger partial charge in [-0.3, -0.25) is 5.01 Å². The maximum Gasteiger partial charge on any atom is 0.123 e. The van der Waals surface area contributed by atoms with Crippen LogP contribution in [0.25, 0.3) is 0 Å². The lowest BCUT2D eigenvalue weighted by molar-refractivity contribution is 0.621. The Morgan fingerprint density at radius 2 is 2.00 bits per heavy atom. The molecule has 2 aromatic carbocycles. The summed E-state index contributed by atoms with van der Waals surface area (Å²) in [6.45, 7) is 0.486. The molecule has 0 aliphatic rings. The molecule has 1 aromatic heterocycles. The second-order valence-electron chi connectivity index (χ2n) is 4.79. The number of rotatable bonds is 4. The highest BCUT2D eigenvalue weighted by atomic mass is 19.1. The van der Waals surface area contributed by atoms with Crippen LogP contribution in [0.15, 0.2) is 67.3 Å². The first-order valence-electron chi connectivity index (χ1n) is 6.76. The molecule has 3 rings (SSSR count). The summed E-state index contributed by atoms with van der Waals surface area (Å²) in [6, 6.07) is 15.8. The van der Waals surface area contributed by atoms with Gasteiger partial charge in [0, 0.05) is 12.4 Å². The Morgan fingerprint density at radius 3 is 2.64 bits per heavy atom. The minimum absolute atomic E-state index is 0.261. The van der Waals surface area contributed by atoms with Crippen LogP contribution >= 0.6 is 0 Å². The van der Waals surface area contributed by atoms with Crippen LogP contribution in [-0.4, -0.2) is 9.66 Å². The minimum atomic E-state index is -0.261. The molecule has 5 heteroatoms. The van der Waals surface area contributed by atoms with Crippen molar-refractivity contribution in [3.8, 4) is 6.07 Å². The Morgan fingerprint density at radius 1 is 1.18 bits per heavy atom. The van der Waals surface area contributed by atoms with Crippen LogP contribution < -0.4 is 5.01 Å². The zero-order chi connectivity index (χ0) is 15.4. The summed E-state index contributed by atoms with van der Waals surface area (Å²) in [5, 5.41) is 10.8. The van der Waals surface area contributed by atoms with E-state index in [0.717, 1.165) is 11.3 Å². The van der Waals surface area contributed by atoms with E-state index in [9.17, 15) is 4.39 Å². The van der Waals surface area contributed by atoms with Gasteiger partial charge in [0.25, 0.3) is 0 Å². The molecule has 0 saturated carbocycles. The fourth-order valence-electron chi connectivity index (χ4n) is 2.22. The first kappa shape index (κ1) is 13.8. The van der Waals surface area contributed by atoms with E-state index < -0.39 is 0 Å². The maximum atomic E-state index is 13.4. The molecule has 0 aliphatic heterocycles. The van der Waals surface area contributed by atoms with Gasteiger partial charge in [-0.05, 0) is 42.0 Å². The summed E-state index contributed by atoms with van der Waals surface area (Å²) in [5.41, 5.74) is 2.33. The number of hydrogen-bond donors (Lipinski definition) is 0. The number of imidazole rings is 1. The van der Waals surface area contributed by atoms with Crippen molar-refractivity contribution in [2.24, 2.45) is 0 Å². The number of benzene rings is 2. The first-order chi connectivity index (χ1) is 10.8. The van der Waals surface area contributed by atoms with Crippen molar-refractivity contribution in [3.63, 3.8) is 0 Å². The van der Waals surface area contributed by atoms with E-state index in [1.54, 1.807) is 30.7 Å². The quantitative estimate of drug-likeness (QED) is 0.740. The van der Waals surface area contributed by atoms with Crippen LogP contribution in [0, 0.1) is 17.1 Å². The largest absolute Gasteiger partial charge is 0.276 e. The summed E-state index contributed by atoms with van der Waals surface area (Å²) in [6.07, 6.45) is 5.18. The van der Waals surface area contributed by atoms with E-state index >= 15 is 0 Å². The van der Waals surface area contributed by atoms with Crippen molar-refractivity contribution in [2.75, 3.05) is 5.01 Å². The van der Waals surface area contributed by atoms with Crippen molar-refractivity contribution in [3.05, 3.63) is 84.2 Å². The molecule has 0 atom stereocenters. The minimum Gasteiger partial charge on any atom is -0.276 e. The summed E-state index contributed by atoms with van der Waals surface area (Å²) >= 11 is 0. The van der Waals surface area contributed by atoms with E-state index in [4.69, 9.17) is 5.26 Å². The van der Waals surface area contributed by atoms with Gasteiger partial charge in [0.05, 0.1) is 23.9 Å². The second-order valence-corrected chi connectivity index (χ2v) is 4.79. The summed E-state index contributed by atoms with van der Waals surface area (Å²) in [4.78, 5) is 4.06. The topological polar surface area (TPSA) is 44.9 Å². The number of aromatic nitrogens is 2. The Bertz CT molecular complexity index is 788. The molecule has 0 aliphatic carbocycles. The number of anilines is 1. The second kappa shape index (κ2) is 6.10. The van der Waals surface area contributed by atoms with E-state index in [1.165, 1.54) is 12.1 Å². The van der Waals surface area contributed by atoms with Crippen molar-refractivity contribution in [1.82, 2.24) is 9.66 Å². The number of nitriles is 1. The monoisotopic (exact) mass is 292 g/mol. The van der Waals surface area contributed by atoms with Crippen molar-refractivity contribution in [1.29, 1.82) is 5.26 Å². The predicted octanol–water partition coefficient (Wildman–Crippen LogP) is 3.36. The van der Waals surface area contributed by atoms with Gasteiger partial charge in [-0.1, -0.05) is 12.1 Å². The van der Waals surface area contributed by atoms with E-state index in [1.807, 2.05) is 34.1 Å². The third-order valence-corrected chi connectivity index (χ3v) is 3.29. The van der Waals surface area contributed by atoms with Gasteiger partial charge in [-0.2, -0.15) is 5.26 Å². The zero-order valence-electron chi connectivity index (χ0n) is 11.7. The fraction of sp³-hybridized carbons (Fsp3) is 0.0588. The average Bonchev–Trinajstić information content (AvgIpc) is 3.07. The lowest BCUT2D eigenvalue weighted by Crippen LogP contribution is -2.27. The highest BCUT2D eigenvalue weighted by molar-refractivity contribution is 5.49. The van der Waals surface area contributed by atoms with E-state index in [2.05, 4.69) is 11.1 Å². The molecule has 0 amide bonds. The van der Waals surface area contributed by atoms with Gasteiger partial charge in [-0.15, -0.1) is 0 Å². The van der Waals surface area contributed by atoms with Gasteiger partial charge >= 0.3 is 0 Å². The molecule has 0 saturated heterocycles. The van der Waals surface area contributed by atoms with Gasteiger partial charge in [0.15, 0.2) is 0 Å². The number of nitrogens with zero attached hydrogens (tertiary/aromatic N) is 4. The van der Waals surface area contributed by atoms with E-state index in [0.29, 0.717) is 12.1 Å². The van der Waals surface area contributed by atoms with Gasteiger partial charge in [-0.25, -0.2) is 14.1 Å². The number of halogens is 1. The molecule has 0 radical (unpaired) electrons. The summed E-state index contributed by atoms with van der Waals surface area (Å²) in [5.74, 6) is -0.261. The molecule has 0 spiro atoms. The summed E-state index contributed by atoms with van der Waals surface area (Å²) < 4.78 is 15.2. The lowest BCUT2D eigenvalue weighted by Gasteiger charge is -2.25. The van der Waals surface area contributed by atoms with Crippen LogP contribution in [-0.2, 0) is 6.54 Å². The molecule has 0 unspecified atom stereocenters. The molecule has 4 nitrogen and oxygen atoms in total. The van der Waals surface area contributed by atoms with Crippen molar-refractivity contribution in [2.45, 2.75) is 6.54 Å². The Balaban J connectivity index is 1.95. The van der Waals surface area contributed by atoms with E-state index in [-0.39, 0.29) is 5.82 Å². The highest BCUT2D eigenvalue weighted by Gasteiger charge is 2.10. The maximum absolute atomic E-state index is 13.4. The van der Waals surface area contributed by atoms with Crippen LogP contribution in [0.5, 0.6) is 0 Å². The summed E-state index contributed by atoms with van der Waals surface area (Å²) in [7, 11) is 0. The molecular weight excluding hydrogens is 279 g/mol. The molecule has 22 heavy (non-hydrogen) atoms. The van der Waals surface area contributed by atoms with Crippen molar-refractivity contribution < 1.29 is 4.39 Å². The SMILES string of the molecule is N#Cc1ccc(N(Cc2cccc(F)c2)n2ccnc2)cc1. The van der Waals surface area contributed by atoms with Gasteiger partial charge < -0.3 is 0 Å². The van der Waals surface area contributed by atoms with Crippen molar-refractivity contribution >= 4 is 5.69 Å².